The third kappa shape index (κ3) is 3.95. The number of nitrogens with two attached hydrogens (primary N) is 1. The maximum absolute atomic E-state index is 5.83. The minimum atomic E-state index is 0.000764. The Labute approximate surface area is 88.6 Å². The van der Waals surface area contributed by atoms with E-state index < -0.39 is 0 Å². The molecule has 14 heavy (non-hydrogen) atoms. The molecule has 86 valence electrons. The van der Waals surface area contributed by atoms with Crippen LogP contribution in [0.5, 0.6) is 0 Å². The van der Waals surface area contributed by atoms with Crippen molar-refractivity contribution >= 4 is 0 Å². The molecule has 0 aliphatic heterocycles. The molecule has 0 aliphatic carbocycles. The molecule has 2 N–H and O–H groups in total. The zero-order valence-corrected chi connectivity index (χ0v) is 10.2. The summed E-state index contributed by atoms with van der Waals surface area (Å²) in [5.74, 6) is 0. The van der Waals surface area contributed by atoms with Crippen LogP contribution in [0.3, 0.4) is 0 Å². The molecule has 0 amide bonds. The van der Waals surface area contributed by atoms with E-state index in [1.54, 1.807) is 7.11 Å². The molecule has 1 atom stereocenters. The van der Waals surface area contributed by atoms with Crippen LogP contribution in [0.4, 0.5) is 0 Å². The van der Waals surface area contributed by atoms with Gasteiger partial charge in [-0.1, -0.05) is 13.8 Å². The quantitative estimate of drug-likeness (QED) is 0.648. The second kappa shape index (κ2) is 7.21. The molecule has 0 aromatic carbocycles. The Kier molecular flexibility index (Phi) is 7.15. The van der Waals surface area contributed by atoms with Gasteiger partial charge >= 0.3 is 0 Å². The molecule has 3 nitrogen and oxygen atoms in total. The lowest BCUT2D eigenvalue weighted by molar-refractivity contribution is 0.0268. The van der Waals surface area contributed by atoms with Crippen LogP contribution in [-0.4, -0.2) is 43.8 Å². The minimum Gasteiger partial charge on any atom is -0.383 e. The van der Waals surface area contributed by atoms with Crippen LogP contribution in [0, 0.1) is 0 Å². The van der Waals surface area contributed by atoms with E-state index in [9.17, 15) is 0 Å². The van der Waals surface area contributed by atoms with Gasteiger partial charge in [0.15, 0.2) is 0 Å². The van der Waals surface area contributed by atoms with Crippen molar-refractivity contribution in [3.63, 3.8) is 0 Å². The van der Waals surface area contributed by atoms with Gasteiger partial charge in [-0.3, -0.25) is 4.90 Å². The van der Waals surface area contributed by atoms with Crippen LogP contribution >= 0.6 is 0 Å². The summed E-state index contributed by atoms with van der Waals surface area (Å²) in [6, 6.07) is 0. The summed E-state index contributed by atoms with van der Waals surface area (Å²) >= 11 is 0. The molecule has 3 heteroatoms. The van der Waals surface area contributed by atoms with Gasteiger partial charge in [-0.15, -0.1) is 0 Å². The fourth-order valence-corrected chi connectivity index (χ4v) is 1.78. The van der Waals surface area contributed by atoms with Gasteiger partial charge in [0.25, 0.3) is 0 Å². The number of hydrogen-bond acceptors (Lipinski definition) is 3. The van der Waals surface area contributed by atoms with Crippen molar-refractivity contribution in [2.45, 2.75) is 39.2 Å². The molecule has 1 unspecified atom stereocenters. The number of nitrogens with zero attached hydrogens (tertiary/aromatic N) is 1. The molecule has 0 heterocycles. The second-order valence-corrected chi connectivity index (χ2v) is 4.12. The SMILES string of the molecule is CCCN(CCC)C(C)(CN)COC. The Hall–Kier alpha value is -0.120. The third-order valence-electron chi connectivity index (χ3n) is 2.65. The normalized spacial score (nSPS) is 15.9. The molecule has 0 aliphatic rings. The summed E-state index contributed by atoms with van der Waals surface area (Å²) in [4.78, 5) is 2.44. The smallest absolute Gasteiger partial charge is 0.0656 e. The first-order chi connectivity index (χ1) is 6.64. The zero-order valence-electron chi connectivity index (χ0n) is 10.2. The lowest BCUT2D eigenvalue weighted by Crippen LogP contribution is -2.55. The van der Waals surface area contributed by atoms with Crippen LogP contribution in [-0.2, 0) is 4.74 Å². The molecule has 0 aromatic heterocycles. The monoisotopic (exact) mass is 202 g/mol. The van der Waals surface area contributed by atoms with Crippen molar-refractivity contribution in [1.82, 2.24) is 4.90 Å². The van der Waals surface area contributed by atoms with Crippen LogP contribution in [0.1, 0.15) is 33.6 Å². The lowest BCUT2D eigenvalue weighted by Gasteiger charge is -2.40. The van der Waals surface area contributed by atoms with Gasteiger partial charge in [0, 0.05) is 13.7 Å². The van der Waals surface area contributed by atoms with Gasteiger partial charge in [-0.05, 0) is 32.9 Å². The summed E-state index contributed by atoms with van der Waals surface area (Å²) in [6.07, 6.45) is 2.33. The fraction of sp³-hybridized carbons (Fsp3) is 1.00. The standard InChI is InChI=1S/C11H26N2O/c1-5-7-13(8-6-2)11(3,9-12)10-14-4/h5-10,12H2,1-4H3. The summed E-state index contributed by atoms with van der Waals surface area (Å²) in [5.41, 5.74) is 5.83. The van der Waals surface area contributed by atoms with Crippen LogP contribution < -0.4 is 5.73 Å². The van der Waals surface area contributed by atoms with E-state index in [4.69, 9.17) is 10.5 Å². The van der Waals surface area contributed by atoms with Gasteiger partial charge in [0.05, 0.1) is 12.1 Å². The van der Waals surface area contributed by atoms with E-state index in [1.807, 2.05) is 0 Å². The Morgan fingerprint density at radius 2 is 1.71 bits per heavy atom. The van der Waals surface area contributed by atoms with Crippen molar-refractivity contribution in [2.75, 3.05) is 33.4 Å². The number of hydrogen-bond donors (Lipinski definition) is 1. The average molecular weight is 202 g/mol. The maximum atomic E-state index is 5.83. The highest BCUT2D eigenvalue weighted by atomic mass is 16.5. The number of ether oxygens (including phenoxy) is 1. The van der Waals surface area contributed by atoms with E-state index >= 15 is 0 Å². The van der Waals surface area contributed by atoms with E-state index in [-0.39, 0.29) is 5.54 Å². The molecule has 0 saturated carbocycles. The largest absolute Gasteiger partial charge is 0.383 e. The summed E-state index contributed by atoms with van der Waals surface area (Å²) < 4.78 is 5.25. The molecule has 0 aromatic rings. The lowest BCUT2D eigenvalue weighted by atomic mass is 10.0. The first-order valence-electron chi connectivity index (χ1n) is 5.58. The third-order valence-corrected chi connectivity index (χ3v) is 2.65. The van der Waals surface area contributed by atoms with Gasteiger partial charge in [0.2, 0.25) is 0 Å². The zero-order chi connectivity index (χ0) is 11.0. The summed E-state index contributed by atoms with van der Waals surface area (Å²) in [6.45, 7) is 10.2. The Balaban J connectivity index is 4.37. The Bertz CT molecular complexity index is 135. The fourth-order valence-electron chi connectivity index (χ4n) is 1.78. The van der Waals surface area contributed by atoms with Crippen molar-refractivity contribution < 1.29 is 4.74 Å². The molecular weight excluding hydrogens is 176 g/mol. The topological polar surface area (TPSA) is 38.5 Å². The second-order valence-electron chi connectivity index (χ2n) is 4.12. The highest BCUT2D eigenvalue weighted by Gasteiger charge is 2.29. The molecule has 0 radical (unpaired) electrons. The van der Waals surface area contributed by atoms with E-state index in [1.165, 1.54) is 12.8 Å². The van der Waals surface area contributed by atoms with Gasteiger partial charge in [-0.2, -0.15) is 0 Å². The molecular formula is C11H26N2O. The molecule has 0 rings (SSSR count). The highest BCUT2D eigenvalue weighted by molar-refractivity contribution is 4.86. The molecule has 0 fully saturated rings. The summed E-state index contributed by atoms with van der Waals surface area (Å²) in [5, 5.41) is 0. The highest BCUT2D eigenvalue weighted by Crippen LogP contribution is 2.15. The predicted octanol–water partition coefficient (Wildman–Crippen LogP) is 1.47. The predicted molar refractivity (Wildman–Crippen MR) is 61.5 cm³/mol. The molecule has 0 bridgehead atoms. The van der Waals surface area contributed by atoms with Gasteiger partial charge in [-0.25, -0.2) is 0 Å². The number of methoxy groups -OCH3 is 1. The first-order valence-corrected chi connectivity index (χ1v) is 5.58. The van der Waals surface area contributed by atoms with Crippen LogP contribution in [0.25, 0.3) is 0 Å². The summed E-state index contributed by atoms with van der Waals surface area (Å²) in [7, 11) is 1.74. The molecule has 0 spiro atoms. The van der Waals surface area contributed by atoms with E-state index in [0.29, 0.717) is 13.2 Å². The van der Waals surface area contributed by atoms with E-state index in [2.05, 4.69) is 25.7 Å². The Morgan fingerprint density at radius 3 is 2.00 bits per heavy atom. The van der Waals surface area contributed by atoms with Crippen molar-refractivity contribution in [1.29, 1.82) is 0 Å². The van der Waals surface area contributed by atoms with E-state index in [0.717, 1.165) is 13.1 Å². The first kappa shape index (κ1) is 13.9. The van der Waals surface area contributed by atoms with Crippen molar-refractivity contribution in [3.05, 3.63) is 0 Å². The van der Waals surface area contributed by atoms with Crippen LogP contribution in [0.2, 0.25) is 0 Å². The maximum Gasteiger partial charge on any atom is 0.0656 e. The number of rotatable bonds is 8. The van der Waals surface area contributed by atoms with Crippen LogP contribution in [0.15, 0.2) is 0 Å². The average Bonchev–Trinajstić information content (AvgIpc) is 2.18. The Morgan fingerprint density at radius 1 is 1.21 bits per heavy atom. The van der Waals surface area contributed by atoms with Crippen molar-refractivity contribution in [2.24, 2.45) is 5.73 Å². The van der Waals surface area contributed by atoms with Crippen molar-refractivity contribution in [3.8, 4) is 0 Å². The van der Waals surface area contributed by atoms with Gasteiger partial charge in [0.1, 0.15) is 0 Å². The van der Waals surface area contributed by atoms with Gasteiger partial charge < -0.3 is 10.5 Å². The molecule has 0 saturated heterocycles. The minimum absolute atomic E-state index is 0.000764.